The molecule has 2 rings (SSSR count). The highest BCUT2D eigenvalue weighted by Gasteiger charge is 2.23. The molecule has 15 heavy (non-hydrogen) atoms. The van der Waals surface area contributed by atoms with E-state index in [0.717, 1.165) is 42.9 Å². The molecule has 2 N–H and O–H groups in total. The second kappa shape index (κ2) is 4.04. The van der Waals surface area contributed by atoms with E-state index >= 15 is 0 Å². The van der Waals surface area contributed by atoms with Crippen LogP contribution in [0.3, 0.4) is 0 Å². The van der Waals surface area contributed by atoms with Crippen molar-refractivity contribution >= 4 is 5.97 Å². The fraction of sp³-hybridized carbons (Fsp3) is 0.636. The molecule has 0 spiro atoms. The van der Waals surface area contributed by atoms with Gasteiger partial charge in [-0.1, -0.05) is 6.92 Å². The number of nitrogens with zero attached hydrogens (tertiary/aromatic N) is 1. The quantitative estimate of drug-likeness (QED) is 0.792. The van der Waals surface area contributed by atoms with Crippen LogP contribution in [0.4, 0.5) is 0 Å². The van der Waals surface area contributed by atoms with Crippen molar-refractivity contribution in [3.63, 3.8) is 0 Å². The van der Waals surface area contributed by atoms with Crippen LogP contribution in [0, 0.1) is 5.92 Å². The molecule has 1 aliphatic rings. The molecule has 0 fully saturated rings. The van der Waals surface area contributed by atoms with Crippen LogP contribution in [-0.2, 0) is 24.1 Å². The number of aromatic nitrogens is 2. The zero-order valence-corrected chi connectivity index (χ0v) is 8.92. The van der Waals surface area contributed by atoms with Gasteiger partial charge in [-0.15, -0.1) is 0 Å². The Kier molecular flexibility index (Phi) is 2.75. The van der Waals surface area contributed by atoms with Crippen LogP contribution in [0.25, 0.3) is 0 Å². The summed E-state index contributed by atoms with van der Waals surface area (Å²) >= 11 is 0. The van der Waals surface area contributed by atoms with Crippen molar-refractivity contribution in [2.75, 3.05) is 0 Å². The lowest BCUT2D eigenvalue weighted by Crippen LogP contribution is -2.17. The zero-order valence-electron chi connectivity index (χ0n) is 8.92. The number of nitrogens with one attached hydrogen (secondary N) is 1. The van der Waals surface area contributed by atoms with Crippen LogP contribution < -0.4 is 0 Å². The van der Waals surface area contributed by atoms with Gasteiger partial charge >= 0.3 is 5.97 Å². The van der Waals surface area contributed by atoms with Gasteiger partial charge in [0.05, 0.1) is 5.69 Å². The van der Waals surface area contributed by atoms with Crippen LogP contribution in [0.15, 0.2) is 0 Å². The monoisotopic (exact) mass is 208 g/mol. The van der Waals surface area contributed by atoms with Crippen molar-refractivity contribution in [2.45, 2.75) is 39.0 Å². The molecule has 1 atom stereocenters. The summed E-state index contributed by atoms with van der Waals surface area (Å²) in [4.78, 5) is 18.4. The number of H-pyrrole nitrogens is 1. The molecular weight excluding hydrogens is 192 g/mol. The maximum Gasteiger partial charge on any atom is 0.303 e. The smallest absolute Gasteiger partial charge is 0.303 e. The van der Waals surface area contributed by atoms with Crippen LogP contribution >= 0.6 is 0 Å². The van der Waals surface area contributed by atoms with Crippen molar-refractivity contribution in [3.05, 3.63) is 17.2 Å². The average molecular weight is 208 g/mol. The first-order valence-electron chi connectivity index (χ1n) is 5.47. The Morgan fingerprint density at radius 3 is 3.13 bits per heavy atom. The van der Waals surface area contributed by atoms with Gasteiger partial charge in [0.25, 0.3) is 0 Å². The van der Waals surface area contributed by atoms with Gasteiger partial charge in [-0.2, -0.15) is 0 Å². The number of carboxylic acid groups (broad SMARTS) is 1. The van der Waals surface area contributed by atoms with Gasteiger partial charge in [0.15, 0.2) is 0 Å². The van der Waals surface area contributed by atoms with Gasteiger partial charge in [0.2, 0.25) is 0 Å². The third kappa shape index (κ3) is 2.19. The number of rotatable bonds is 3. The lowest BCUT2D eigenvalue weighted by molar-refractivity contribution is -0.138. The highest BCUT2D eigenvalue weighted by molar-refractivity contribution is 5.67. The molecular formula is C11H16N2O2. The van der Waals surface area contributed by atoms with Crippen molar-refractivity contribution < 1.29 is 9.90 Å². The first kappa shape index (κ1) is 10.2. The van der Waals surface area contributed by atoms with E-state index in [0.29, 0.717) is 0 Å². The number of aliphatic carboxylic acids is 1. The third-order valence-electron chi connectivity index (χ3n) is 2.99. The number of aromatic amines is 1. The second-order valence-electron chi connectivity index (χ2n) is 4.17. The molecule has 82 valence electrons. The number of carbonyl (C=O) groups is 1. The van der Waals surface area contributed by atoms with E-state index in [2.05, 4.69) is 16.9 Å². The Balaban J connectivity index is 2.08. The summed E-state index contributed by atoms with van der Waals surface area (Å²) in [6.07, 6.45) is 3.90. The molecule has 0 aliphatic heterocycles. The summed E-state index contributed by atoms with van der Waals surface area (Å²) < 4.78 is 0. The van der Waals surface area contributed by atoms with Crippen LogP contribution in [-0.4, -0.2) is 21.0 Å². The van der Waals surface area contributed by atoms with E-state index in [1.807, 2.05) is 0 Å². The summed E-state index contributed by atoms with van der Waals surface area (Å²) in [6, 6.07) is 0. The molecule has 0 aromatic carbocycles. The van der Waals surface area contributed by atoms with E-state index in [1.54, 1.807) is 0 Å². The van der Waals surface area contributed by atoms with Crippen molar-refractivity contribution in [1.29, 1.82) is 0 Å². The molecule has 4 heteroatoms. The van der Waals surface area contributed by atoms with Gasteiger partial charge in [0, 0.05) is 18.5 Å². The predicted molar refractivity (Wildman–Crippen MR) is 55.7 cm³/mol. The zero-order chi connectivity index (χ0) is 10.8. The number of aryl methyl sites for hydroxylation is 2. The number of hydrogen-bond acceptors (Lipinski definition) is 2. The lowest BCUT2D eigenvalue weighted by atomic mass is 9.87. The Morgan fingerprint density at radius 1 is 1.67 bits per heavy atom. The normalized spacial score (nSPS) is 19.9. The highest BCUT2D eigenvalue weighted by Crippen LogP contribution is 2.26. The first-order valence-corrected chi connectivity index (χ1v) is 5.47. The summed E-state index contributed by atoms with van der Waals surface area (Å²) in [7, 11) is 0. The molecule has 1 unspecified atom stereocenters. The fourth-order valence-corrected chi connectivity index (χ4v) is 2.20. The van der Waals surface area contributed by atoms with Crippen molar-refractivity contribution in [2.24, 2.45) is 5.92 Å². The van der Waals surface area contributed by atoms with E-state index in [-0.39, 0.29) is 12.3 Å². The molecule has 1 aromatic heterocycles. The van der Waals surface area contributed by atoms with Gasteiger partial charge in [0.1, 0.15) is 5.82 Å². The second-order valence-corrected chi connectivity index (χ2v) is 4.17. The summed E-state index contributed by atoms with van der Waals surface area (Å²) in [5.41, 5.74) is 2.30. The molecule has 0 bridgehead atoms. The maximum absolute atomic E-state index is 10.6. The lowest BCUT2D eigenvalue weighted by Gasteiger charge is -2.19. The van der Waals surface area contributed by atoms with E-state index in [4.69, 9.17) is 5.11 Å². The Bertz CT molecular complexity index is 371. The molecule has 0 radical (unpaired) electrons. The SMILES string of the molecule is CCc1nc2c([nH]1)CC(CC(=O)O)CC2. The van der Waals surface area contributed by atoms with E-state index < -0.39 is 5.97 Å². The number of fused-ring (bicyclic) bond motifs is 1. The van der Waals surface area contributed by atoms with Crippen molar-refractivity contribution in [3.8, 4) is 0 Å². The van der Waals surface area contributed by atoms with Gasteiger partial charge in [-0.3, -0.25) is 4.79 Å². The Labute approximate surface area is 88.7 Å². The summed E-state index contributed by atoms with van der Waals surface area (Å²) in [5.74, 6) is 0.606. The van der Waals surface area contributed by atoms with Gasteiger partial charge in [-0.25, -0.2) is 4.98 Å². The molecule has 0 saturated heterocycles. The van der Waals surface area contributed by atoms with Crippen molar-refractivity contribution in [1.82, 2.24) is 9.97 Å². The van der Waals surface area contributed by atoms with E-state index in [9.17, 15) is 4.79 Å². The number of carboxylic acids is 1. The number of imidazole rings is 1. The average Bonchev–Trinajstić information content (AvgIpc) is 2.58. The highest BCUT2D eigenvalue weighted by atomic mass is 16.4. The Morgan fingerprint density at radius 2 is 2.47 bits per heavy atom. The fourth-order valence-electron chi connectivity index (χ4n) is 2.20. The molecule has 0 saturated carbocycles. The predicted octanol–water partition coefficient (Wildman–Crippen LogP) is 1.55. The Hall–Kier alpha value is -1.32. The topological polar surface area (TPSA) is 66.0 Å². The van der Waals surface area contributed by atoms with Crippen LogP contribution in [0.2, 0.25) is 0 Å². The van der Waals surface area contributed by atoms with Gasteiger partial charge in [-0.05, 0) is 25.2 Å². The minimum Gasteiger partial charge on any atom is -0.481 e. The molecule has 1 heterocycles. The summed E-state index contributed by atoms with van der Waals surface area (Å²) in [5, 5.41) is 8.74. The minimum atomic E-state index is -0.696. The standard InChI is InChI=1S/C11H16N2O2/c1-2-10-12-8-4-3-7(6-11(14)15)5-9(8)13-10/h7H,2-6H2,1H3,(H,12,13)(H,14,15). The summed E-state index contributed by atoms with van der Waals surface area (Å²) in [6.45, 7) is 2.07. The van der Waals surface area contributed by atoms with Gasteiger partial charge < -0.3 is 10.1 Å². The first-order chi connectivity index (χ1) is 7.19. The molecule has 4 nitrogen and oxygen atoms in total. The van der Waals surface area contributed by atoms with Crippen LogP contribution in [0.5, 0.6) is 0 Å². The molecule has 0 amide bonds. The van der Waals surface area contributed by atoms with E-state index in [1.165, 1.54) is 0 Å². The molecule has 1 aliphatic carbocycles. The third-order valence-corrected chi connectivity index (χ3v) is 2.99. The minimum absolute atomic E-state index is 0.278. The maximum atomic E-state index is 10.6. The number of hydrogen-bond donors (Lipinski definition) is 2. The molecule has 1 aromatic rings. The largest absolute Gasteiger partial charge is 0.481 e. The van der Waals surface area contributed by atoms with Crippen LogP contribution in [0.1, 0.15) is 37.0 Å².